The zero-order valence-electron chi connectivity index (χ0n) is 19.7. The van der Waals surface area contributed by atoms with Crippen molar-refractivity contribution in [3.63, 3.8) is 0 Å². The molecule has 0 aromatic heterocycles. The summed E-state index contributed by atoms with van der Waals surface area (Å²) in [6.07, 6.45) is 4.53. The van der Waals surface area contributed by atoms with Crippen LogP contribution in [0.5, 0.6) is 0 Å². The Kier molecular flexibility index (Phi) is 7.86. The molecule has 2 aliphatic rings. The average Bonchev–Trinajstić information content (AvgIpc) is 3.67. The minimum Gasteiger partial charge on any atom is -0.356 e. The summed E-state index contributed by atoms with van der Waals surface area (Å²) in [5, 5.41) is 20.5. The maximum atomic E-state index is 14.8. The molecule has 2 atom stereocenters. The molecule has 8 nitrogen and oxygen atoms in total. The standard InChI is InChI=1S/C25H27F2N7OS/c1-30-24(32-15-28)31-13-5-12-25(17-6-3-2-4-7-17)34(23(35)21(29)16-8-9-16)33-22(36-25)19-14-18(26)10-11-20(19)27/h2-4,6-7,10-11,14,16,21H,5,8-9,12-13,29H2,1H3,(H2,30,31,32). The van der Waals surface area contributed by atoms with E-state index in [1.54, 1.807) is 7.05 Å². The maximum absolute atomic E-state index is 14.8. The molecule has 2 aromatic rings. The second-order valence-electron chi connectivity index (χ2n) is 8.63. The van der Waals surface area contributed by atoms with Gasteiger partial charge in [-0.1, -0.05) is 42.1 Å². The number of benzene rings is 2. The summed E-state index contributed by atoms with van der Waals surface area (Å²) in [5.41, 5.74) is 7.10. The largest absolute Gasteiger partial charge is 0.356 e. The number of guanidine groups is 1. The first-order chi connectivity index (χ1) is 17.4. The number of hydrazone groups is 1. The number of nitrogens with two attached hydrogens (primary N) is 1. The number of amides is 1. The van der Waals surface area contributed by atoms with Gasteiger partial charge in [0.1, 0.15) is 21.5 Å². The fourth-order valence-electron chi connectivity index (χ4n) is 4.14. The fourth-order valence-corrected chi connectivity index (χ4v) is 5.57. The second kappa shape index (κ2) is 11.1. The van der Waals surface area contributed by atoms with Crippen LogP contribution in [0.25, 0.3) is 0 Å². The molecule has 4 N–H and O–H groups in total. The third-order valence-corrected chi connectivity index (χ3v) is 7.63. The van der Waals surface area contributed by atoms with E-state index < -0.39 is 22.5 Å². The highest BCUT2D eigenvalue weighted by Gasteiger charge is 2.51. The van der Waals surface area contributed by atoms with Gasteiger partial charge in [-0.15, -0.1) is 0 Å². The number of carbonyl (C=O) groups is 1. The number of rotatable bonds is 8. The smallest absolute Gasteiger partial charge is 0.261 e. The Morgan fingerprint density at radius 3 is 2.75 bits per heavy atom. The highest BCUT2D eigenvalue weighted by molar-refractivity contribution is 8.15. The van der Waals surface area contributed by atoms with Crippen LogP contribution in [0, 0.1) is 29.0 Å². The van der Waals surface area contributed by atoms with Gasteiger partial charge in [0.15, 0.2) is 6.19 Å². The van der Waals surface area contributed by atoms with E-state index in [-0.39, 0.29) is 22.4 Å². The van der Waals surface area contributed by atoms with Gasteiger partial charge in [0.2, 0.25) is 5.96 Å². The van der Waals surface area contributed by atoms with Crippen molar-refractivity contribution in [1.29, 1.82) is 5.26 Å². The first kappa shape index (κ1) is 25.6. The summed E-state index contributed by atoms with van der Waals surface area (Å²) >= 11 is 1.21. The predicted molar refractivity (Wildman–Crippen MR) is 135 cm³/mol. The molecule has 0 radical (unpaired) electrons. The van der Waals surface area contributed by atoms with Crippen molar-refractivity contribution < 1.29 is 13.6 Å². The number of nitriles is 1. The van der Waals surface area contributed by atoms with E-state index in [0.29, 0.717) is 25.3 Å². The van der Waals surface area contributed by atoms with E-state index in [1.165, 1.54) is 16.8 Å². The third-order valence-electron chi connectivity index (χ3n) is 6.19. The van der Waals surface area contributed by atoms with Crippen LogP contribution in [-0.4, -0.2) is 41.6 Å². The molecular weight excluding hydrogens is 484 g/mol. The lowest BCUT2D eigenvalue weighted by Crippen LogP contribution is -2.49. The molecule has 1 amide bonds. The average molecular weight is 512 g/mol. The molecule has 1 fully saturated rings. The number of nitrogens with one attached hydrogen (secondary N) is 2. The van der Waals surface area contributed by atoms with Crippen molar-refractivity contribution in [1.82, 2.24) is 15.6 Å². The number of hydrogen-bond donors (Lipinski definition) is 3. The minimum absolute atomic E-state index is 0.00709. The SMILES string of the molecule is CN=C(NC#N)NCCCC1(c2ccccc2)SC(c2cc(F)ccc2F)=NN1C(=O)C(N)C1CC1. The van der Waals surface area contributed by atoms with Crippen molar-refractivity contribution >= 4 is 28.7 Å². The van der Waals surface area contributed by atoms with Gasteiger partial charge in [0, 0.05) is 19.2 Å². The van der Waals surface area contributed by atoms with Crippen molar-refractivity contribution in [2.75, 3.05) is 13.6 Å². The Labute approximate surface area is 212 Å². The molecule has 0 saturated heterocycles. The molecular formula is C25H27F2N7OS. The predicted octanol–water partition coefficient (Wildman–Crippen LogP) is 3.22. The molecule has 1 heterocycles. The lowest BCUT2D eigenvalue weighted by Gasteiger charge is -2.37. The molecule has 1 aliphatic heterocycles. The van der Waals surface area contributed by atoms with Crippen molar-refractivity contribution in [3.8, 4) is 6.19 Å². The quantitative estimate of drug-likeness (QED) is 0.165. The van der Waals surface area contributed by atoms with E-state index in [0.717, 1.165) is 36.6 Å². The number of nitrogens with zero attached hydrogens (tertiary/aromatic N) is 4. The van der Waals surface area contributed by atoms with Crippen LogP contribution in [0.4, 0.5) is 8.78 Å². The molecule has 1 saturated carbocycles. The molecule has 2 unspecified atom stereocenters. The Hall–Kier alpha value is -3.49. The van der Waals surface area contributed by atoms with Crippen LogP contribution < -0.4 is 16.4 Å². The molecule has 188 valence electrons. The second-order valence-corrected chi connectivity index (χ2v) is 9.90. The Balaban J connectivity index is 1.70. The molecule has 1 aliphatic carbocycles. The van der Waals surface area contributed by atoms with Gasteiger partial charge in [-0.25, -0.2) is 13.8 Å². The van der Waals surface area contributed by atoms with Crippen LogP contribution in [0.2, 0.25) is 0 Å². The number of hydrogen-bond acceptors (Lipinski definition) is 6. The summed E-state index contributed by atoms with van der Waals surface area (Å²) in [6, 6.07) is 11.8. The molecule has 2 aromatic carbocycles. The number of thioether (sulfide) groups is 1. The van der Waals surface area contributed by atoms with Gasteiger partial charge >= 0.3 is 0 Å². The van der Waals surface area contributed by atoms with Gasteiger partial charge in [-0.2, -0.15) is 10.4 Å². The number of aliphatic imine (C=N–C) groups is 1. The Bertz CT molecular complexity index is 1210. The van der Waals surface area contributed by atoms with Gasteiger partial charge in [-0.05, 0) is 55.4 Å². The van der Waals surface area contributed by atoms with Gasteiger partial charge in [0.25, 0.3) is 5.91 Å². The zero-order valence-corrected chi connectivity index (χ0v) is 20.6. The maximum Gasteiger partial charge on any atom is 0.261 e. The van der Waals surface area contributed by atoms with Crippen LogP contribution in [0.3, 0.4) is 0 Å². The molecule has 4 rings (SSSR count). The zero-order chi connectivity index (χ0) is 25.7. The van der Waals surface area contributed by atoms with Crippen molar-refractivity contribution in [2.45, 2.75) is 36.6 Å². The van der Waals surface area contributed by atoms with E-state index in [9.17, 15) is 13.6 Å². The minimum atomic E-state index is -1.02. The van der Waals surface area contributed by atoms with Crippen molar-refractivity contribution in [2.24, 2.45) is 21.7 Å². The van der Waals surface area contributed by atoms with Crippen LogP contribution in [0.1, 0.15) is 36.8 Å². The summed E-state index contributed by atoms with van der Waals surface area (Å²) in [4.78, 5) is 16.6. The highest BCUT2D eigenvalue weighted by Crippen LogP contribution is 2.51. The van der Waals surface area contributed by atoms with Crippen molar-refractivity contribution in [3.05, 3.63) is 71.3 Å². The van der Waals surface area contributed by atoms with E-state index in [2.05, 4.69) is 20.7 Å². The fraction of sp³-hybridized carbons (Fsp3) is 0.360. The van der Waals surface area contributed by atoms with Crippen LogP contribution in [-0.2, 0) is 9.67 Å². The van der Waals surface area contributed by atoms with Gasteiger partial charge < -0.3 is 11.1 Å². The van der Waals surface area contributed by atoms with E-state index >= 15 is 0 Å². The van der Waals surface area contributed by atoms with Crippen LogP contribution in [0.15, 0.2) is 58.6 Å². The van der Waals surface area contributed by atoms with Gasteiger partial charge in [0.05, 0.1) is 6.04 Å². The topological polar surface area (TPSA) is 119 Å². The monoisotopic (exact) mass is 511 g/mol. The Morgan fingerprint density at radius 1 is 1.33 bits per heavy atom. The number of carbonyl (C=O) groups excluding carboxylic acids is 1. The first-order valence-electron chi connectivity index (χ1n) is 11.6. The summed E-state index contributed by atoms with van der Waals surface area (Å²) in [6.45, 7) is 0.441. The lowest BCUT2D eigenvalue weighted by atomic mass is 9.99. The molecule has 11 heteroatoms. The first-order valence-corrected chi connectivity index (χ1v) is 12.4. The highest BCUT2D eigenvalue weighted by atomic mass is 32.2. The molecule has 0 bridgehead atoms. The summed E-state index contributed by atoms with van der Waals surface area (Å²) in [5.74, 6) is -1.16. The lowest BCUT2D eigenvalue weighted by molar-refractivity contribution is -0.136. The van der Waals surface area contributed by atoms with E-state index in [1.807, 2.05) is 36.5 Å². The van der Waals surface area contributed by atoms with Crippen LogP contribution >= 0.6 is 11.8 Å². The van der Waals surface area contributed by atoms with E-state index in [4.69, 9.17) is 11.0 Å². The number of halogens is 2. The Morgan fingerprint density at radius 2 is 2.08 bits per heavy atom. The molecule has 0 spiro atoms. The summed E-state index contributed by atoms with van der Waals surface area (Å²) < 4.78 is 28.8. The molecule has 36 heavy (non-hydrogen) atoms. The normalized spacial score (nSPS) is 20.5. The third kappa shape index (κ3) is 5.34. The summed E-state index contributed by atoms with van der Waals surface area (Å²) in [7, 11) is 1.55. The van der Waals surface area contributed by atoms with Gasteiger partial charge in [-0.3, -0.25) is 15.1 Å².